The highest BCUT2D eigenvalue weighted by molar-refractivity contribution is 5.99. The van der Waals surface area contributed by atoms with Crippen LogP contribution < -0.4 is 10.1 Å². The summed E-state index contributed by atoms with van der Waals surface area (Å²) in [7, 11) is 3.28. The fourth-order valence-electron chi connectivity index (χ4n) is 3.90. The zero-order valence-electron chi connectivity index (χ0n) is 20.1. The molecular weight excluding hydrogens is 438 g/mol. The number of fused-ring (bicyclic) bond motifs is 1. The van der Waals surface area contributed by atoms with Gasteiger partial charge in [0.05, 0.1) is 23.9 Å². The monoisotopic (exact) mass is 469 g/mol. The van der Waals surface area contributed by atoms with Crippen molar-refractivity contribution in [3.8, 4) is 5.75 Å². The predicted octanol–water partition coefficient (Wildman–Crippen LogP) is 2.08. The number of carbonyl (C=O) groups is 3. The first kappa shape index (κ1) is 25.1. The van der Waals surface area contributed by atoms with Crippen LogP contribution in [0.5, 0.6) is 5.75 Å². The molecule has 3 amide bonds. The summed E-state index contributed by atoms with van der Waals surface area (Å²) < 4.78 is 11.7. The van der Waals surface area contributed by atoms with E-state index in [0.717, 1.165) is 0 Å². The van der Waals surface area contributed by atoms with Crippen molar-refractivity contribution in [2.75, 3.05) is 39.2 Å². The summed E-state index contributed by atoms with van der Waals surface area (Å²) in [5, 5.41) is 2.70. The average Bonchev–Trinajstić information content (AvgIpc) is 2.83. The van der Waals surface area contributed by atoms with E-state index in [0.29, 0.717) is 30.1 Å². The summed E-state index contributed by atoms with van der Waals surface area (Å²) in [6.45, 7) is 6.11. The number of likely N-dealkylation sites (N-methyl/N-ethyl adjacent to an activating group) is 1. The first-order valence-corrected chi connectivity index (χ1v) is 11.1. The lowest BCUT2D eigenvalue weighted by molar-refractivity contribution is -0.114. The molecule has 0 aliphatic carbocycles. The Morgan fingerprint density at radius 2 is 1.97 bits per heavy atom. The SMILES string of the molecule is CO[C@H]1CN(C)C(=O)c2cc(NC(C)=O)ccc2OC[C@@H](C)N(C(=O)c2cnccn2)C[C@H]1C. The third-order valence-electron chi connectivity index (χ3n) is 5.81. The molecule has 0 saturated heterocycles. The molecule has 0 spiro atoms. The third kappa shape index (κ3) is 5.88. The zero-order chi connectivity index (χ0) is 24.8. The summed E-state index contributed by atoms with van der Waals surface area (Å²) in [6, 6.07) is 4.59. The molecule has 0 radical (unpaired) electrons. The number of nitrogens with one attached hydrogen (secondary N) is 1. The number of ether oxygens (including phenoxy) is 2. The van der Waals surface area contributed by atoms with Crippen LogP contribution in [0.4, 0.5) is 5.69 Å². The van der Waals surface area contributed by atoms with Crippen LogP contribution >= 0.6 is 0 Å². The van der Waals surface area contributed by atoms with Crippen molar-refractivity contribution in [2.24, 2.45) is 5.92 Å². The standard InChI is InChI=1S/C24H31N5O5/c1-15-12-29(24(32)20-11-25-8-9-26-20)16(2)14-34-21-7-6-18(27-17(3)30)10-19(21)23(31)28(4)13-22(15)33-5/h6-11,15-16,22H,12-14H2,1-5H3,(H,27,30)/t15-,16-,22+/m1/s1. The van der Waals surface area contributed by atoms with E-state index < -0.39 is 0 Å². The summed E-state index contributed by atoms with van der Waals surface area (Å²) in [4.78, 5) is 49.5. The second kappa shape index (κ2) is 11.1. The molecule has 0 bridgehead atoms. The molecule has 1 aromatic heterocycles. The minimum Gasteiger partial charge on any atom is -0.491 e. The number of aromatic nitrogens is 2. The molecule has 10 nitrogen and oxygen atoms in total. The number of anilines is 1. The fourth-order valence-corrected chi connectivity index (χ4v) is 3.90. The van der Waals surface area contributed by atoms with Gasteiger partial charge in [0.1, 0.15) is 18.1 Å². The first-order valence-electron chi connectivity index (χ1n) is 11.1. The molecule has 0 saturated carbocycles. The number of carbonyl (C=O) groups excluding carboxylic acids is 3. The van der Waals surface area contributed by atoms with Crippen LogP contribution in [0.1, 0.15) is 41.6 Å². The molecule has 1 aromatic carbocycles. The van der Waals surface area contributed by atoms with Crippen molar-refractivity contribution in [3.05, 3.63) is 48.0 Å². The number of hydrogen-bond acceptors (Lipinski definition) is 7. The minimum atomic E-state index is -0.329. The quantitative estimate of drug-likeness (QED) is 0.732. The van der Waals surface area contributed by atoms with Gasteiger partial charge in [-0.15, -0.1) is 0 Å². The van der Waals surface area contributed by atoms with Crippen LogP contribution in [-0.4, -0.2) is 83.5 Å². The maximum absolute atomic E-state index is 13.3. The topological polar surface area (TPSA) is 114 Å². The Labute approximate surface area is 199 Å². The minimum absolute atomic E-state index is 0.0899. The Morgan fingerprint density at radius 1 is 1.21 bits per heavy atom. The summed E-state index contributed by atoms with van der Waals surface area (Å²) in [6.07, 6.45) is 4.12. The van der Waals surface area contributed by atoms with E-state index >= 15 is 0 Å². The first-order chi connectivity index (χ1) is 16.2. The highest BCUT2D eigenvalue weighted by Crippen LogP contribution is 2.26. The Morgan fingerprint density at radius 3 is 2.62 bits per heavy atom. The largest absolute Gasteiger partial charge is 0.491 e. The number of hydrogen-bond donors (Lipinski definition) is 1. The Bertz CT molecular complexity index is 1030. The molecule has 1 aliphatic rings. The molecular formula is C24H31N5O5. The van der Waals surface area contributed by atoms with Gasteiger partial charge in [-0.1, -0.05) is 6.92 Å². The number of amides is 3. The summed E-state index contributed by atoms with van der Waals surface area (Å²) >= 11 is 0. The normalized spacial score (nSPS) is 21.6. The van der Waals surface area contributed by atoms with Crippen LogP contribution in [0.3, 0.4) is 0 Å². The van der Waals surface area contributed by atoms with Gasteiger partial charge in [0.25, 0.3) is 11.8 Å². The second-order valence-corrected chi connectivity index (χ2v) is 8.54. The smallest absolute Gasteiger partial charge is 0.274 e. The lowest BCUT2D eigenvalue weighted by Crippen LogP contribution is -2.48. The van der Waals surface area contributed by atoms with Gasteiger partial charge < -0.3 is 24.6 Å². The molecule has 0 unspecified atom stereocenters. The van der Waals surface area contributed by atoms with E-state index in [9.17, 15) is 14.4 Å². The van der Waals surface area contributed by atoms with E-state index in [1.807, 2.05) is 13.8 Å². The summed E-state index contributed by atoms with van der Waals surface area (Å²) in [5.74, 6) is -0.471. The van der Waals surface area contributed by atoms with Gasteiger partial charge in [0.15, 0.2) is 0 Å². The highest BCUT2D eigenvalue weighted by atomic mass is 16.5. The van der Waals surface area contributed by atoms with Gasteiger partial charge in [-0.2, -0.15) is 0 Å². The third-order valence-corrected chi connectivity index (χ3v) is 5.81. The lowest BCUT2D eigenvalue weighted by atomic mass is 10.0. The van der Waals surface area contributed by atoms with Gasteiger partial charge in [0.2, 0.25) is 5.91 Å². The fraction of sp³-hybridized carbons (Fsp3) is 0.458. The molecule has 3 rings (SSSR count). The summed E-state index contributed by atoms with van der Waals surface area (Å²) in [5.41, 5.74) is 1.05. The lowest BCUT2D eigenvalue weighted by Gasteiger charge is -2.35. The molecule has 0 fully saturated rings. The maximum Gasteiger partial charge on any atom is 0.274 e. The Kier molecular flexibility index (Phi) is 8.17. The van der Waals surface area contributed by atoms with E-state index in [4.69, 9.17) is 9.47 Å². The van der Waals surface area contributed by atoms with Gasteiger partial charge >= 0.3 is 0 Å². The molecule has 182 valence electrons. The Hall–Kier alpha value is -3.53. The van der Waals surface area contributed by atoms with Crippen molar-refractivity contribution in [1.29, 1.82) is 0 Å². The van der Waals surface area contributed by atoms with Crippen molar-refractivity contribution >= 4 is 23.4 Å². The van der Waals surface area contributed by atoms with E-state index in [1.54, 1.807) is 42.2 Å². The second-order valence-electron chi connectivity index (χ2n) is 8.54. The molecule has 10 heteroatoms. The molecule has 1 aliphatic heterocycles. The van der Waals surface area contributed by atoms with Crippen molar-refractivity contribution in [3.63, 3.8) is 0 Å². The van der Waals surface area contributed by atoms with Crippen LogP contribution in [0.2, 0.25) is 0 Å². The van der Waals surface area contributed by atoms with E-state index in [2.05, 4.69) is 15.3 Å². The van der Waals surface area contributed by atoms with Crippen LogP contribution in [0.15, 0.2) is 36.8 Å². The van der Waals surface area contributed by atoms with E-state index in [-0.39, 0.29) is 48.1 Å². The number of benzene rings is 1. The van der Waals surface area contributed by atoms with Crippen LogP contribution in [0.25, 0.3) is 0 Å². The average molecular weight is 470 g/mol. The molecule has 2 aromatic rings. The van der Waals surface area contributed by atoms with Crippen LogP contribution in [0, 0.1) is 5.92 Å². The van der Waals surface area contributed by atoms with Crippen molar-refractivity contribution in [2.45, 2.75) is 32.9 Å². The van der Waals surface area contributed by atoms with Gasteiger partial charge in [-0.05, 0) is 25.1 Å². The molecule has 1 N–H and O–H groups in total. The molecule has 2 heterocycles. The molecule has 34 heavy (non-hydrogen) atoms. The number of methoxy groups -OCH3 is 1. The van der Waals surface area contributed by atoms with Gasteiger partial charge in [-0.3, -0.25) is 19.4 Å². The van der Waals surface area contributed by atoms with Crippen molar-refractivity contribution in [1.82, 2.24) is 19.8 Å². The number of rotatable bonds is 3. The Balaban J connectivity index is 1.99. The van der Waals surface area contributed by atoms with E-state index in [1.165, 1.54) is 25.5 Å². The maximum atomic E-state index is 13.3. The van der Waals surface area contributed by atoms with Gasteiger partial charge in [-0.25, -0.2) is 4.98 Å². The van der Waals surface area contributed by atoms with Crippen LogP contribution in [-0.2, 0) is 9.53 Å². The number of nitrogens with zero attached hydrogens (tertiary/aromatic N) is 4. The van der Waals surface area contributed by atoms with Gasteiger partial charge in [0, 0.05) is 58.2 Å². The molecule has 3 atom stereocenters. The zero-order valence-corrected chi connectivity index (χ0v) is 20.1. The van der Waals surface area contributed by atoms with Crippen molar-refractivity contribution < 1.29 is 23.9 Å². The highest BCUT2D eigenvalue weighted by Gasteiger charge is 2.31. The predicted molar refractivity (Wildman–Crippen MR) is 126 cm³/mol.